The lowest BCUT2D eigenvalue weighted by Crippen LogP contribution is -2.32. The van der Waals surface area contributed by atoms with Gasteiger partial charge in [-0.2, -0.15) is 11.8 Å². The van der Waals surface area contributed by atoms with Crippen LogP contribution in [0, 0.1) is 0 Å². The van der Waals surface area contributed by atoms with Crippen LogP contribution in [0.25, 0.3) is 0 Å². The molecule has 0 fully saturated rings. The lowest BCUT2D eigenvalue weighted by atomic mass is 10.1. The number of nitrogens with zero attached hydrogens (tertiary/aromatic N) is 1. The maximum Gasteiger partial charge on any atom is 0.0587 e. The summed E-state index contributed by atoms with van der Waals surface area (Å²) in [5.74, 6) is 1.13. The minimum atomic E-state index is 0.518. The van der Waals surface area contributed by atoms with Crippen molar-refractivity contribution >= 4 is 33.4 Å². The van der Waals surface area contributed by atoms with E-state index in [1.807, 2.05) is 11.8 Å². The van der Waals surface area contributed by atoms with E-state index in [-0.39, 0.29) is 0 Å². The summed E-state index contributed by atoms with van der Waals surface area (Å²) in [4.78, 5) is 2.36. The number of hydrogen-bond donors (Lipinski definition) is 1. The smallest absolute Gasteiger partial charge is 0.0587 e. The molecule has 20 heavy (non-hydrogen) atoms. The summed E-state index contributed by atoms with van der Waals surface area (Å²) in [5, 5.41) is 3.42. The largest absolute Gasteiger partial charge is 0.383 e. The SMILES string of the molecule is COCCNCc1cc(Br)ccc1N(C)C(C)CSC. The minimum Gasteiger partial charge on any atom is -0.383 e. The molecule has 0 aliphatic rings. The molecule has 0 heterocycles. The summed E-state index contributed by atoms with van der Waals surface area (Å²) in [7, 11) is 3.90. The molecule has 1 aromatic rings. The Bertz CT molecular complexity index is 403. The van der Waals surface area contributed by atoms with Crippen LogP contribution in [0.5, 0.6) is 0 Å². The number of methoxy groups -OCH3 is 1. The van der Waals surface area contributed by atoms with Crippen molar-refractivity contribution in [1.29, 1.82) is 0 Å². The summed E-state index contributed by atoms with van der Waals surface area (Å²) in [6, 6.07) is 7.01. The second kappa shape index (κ2) is 9.66. The van der Waals surface area contributed by atoms with Gasteiger partial charge in [0, 0.05) is 49.2 Å². The molecule has 1 atom stereocenters. The standard InChI is InChI=1S/C15H25BrN2OS/c1-12(11-20-4)18(2)15-6-5-14(16)9-13(15)10-17-7-8-19-3/h5-6,9,12,17H,7-8,10-11H2,1-4H3. The van der Waals surface area contributed by atoms with Gasteiger partial charge in [0.05, 0.1) is 6.61 Å². The highest BCUT2D eigenvalue weighted by Gasteiger charge is 2.13. The normalized spacial score (nSPS) is 12.4. The summed E-state index contributed by atoms with van der Waals surface area (Å²) in [6.45, 7) is 4.73. The van der Waals surface area contributed by atoms with Crippen molar-refractivity contribution in [3.8, 4) is 0 Å². The summed E-state index contributed by atoms with van der Waals surface area (Å²) < 4.78 is 6.19. The van der Waals surface area contributed by atoms with E-state index in [4.69, 9.17) is 4.74 Å². The van der Waals surface area contributed by atoms with E-state index in [1.165, 1.54) is 11.3 Å². The maximum atomic E-state index is 5.07. The van der Waals surface area contributed by atoms with Crippen LogP contribution in [0.2, 0.25) is 0 Å². The average Bonchev–Trinajstić information content (AvgIpc) is 2.43. The van der Waals surface area contributed by atoms with Gasteiger partial charge in [-0.3, -0.25) is 0 Å². The van der Waals surface area contributed by atoms with Crippen LogP contribution in [0.1, 0.15) is 12.5 Å². The third-order valence-electron chi connectivity index (χ3n) is 3.29. The Kier molecular flexibility index (Phi) is 8.61. The number of rotatable bonds is 9. The Morgan fingerprint density at radius 3 is 2.85 bits per heavy atom. The molecule has 0 aliphatic heterocycles. The average molecular weight is 361 g/mol. The van der Waals surface area contributed by atoms with Crippen LogP contribution in [0.4, 0.5) is 5.69 Å². The van der Waals surface area contributed by atoms with Gasteiger partial charge in [0.25, 0.3) is 0 Å². The van der Waals surface area contributed by atoms with Gasteiger partial charge < -0.3 is 15.0 Å². The highest BCUT2D eigenvalue weighted by atomic mass is 79.9. The number of ether oxygens (including phenoxy) is 1. The first-order valence-electron chi connectivity index (χ1n) is 6.80. The zero-order valence-electron chi connectivity index (χ0n) is 12.8. The van der Waals surface area contributed by atoms with Gasteiger partial charge in [0.1, 0.15) is 0 Å². The first-order chi connectivity index (χ1) is 9.60. The minimum absolute atomic E-state index is 0.518. The molecule has 0 spiro atoms. The number of thioether (sulfide) groups is 1. The number of nitrogens with one attached hydrogen (secondary N) is 1. The molecular weight excluding hydrogens is 336 g/mol. The third-order valence-corrected chi connectivity index (χ3v) is 4.60. The highest BCUT2D eigenvalue weighted by molar-refractivity contribution is 9.10. The Labute approximate surface area is 135 Å². The van der Waals surface area contributed by atoms with Crippen molar-refractivity contribution in [3.63, 3.8) is 0 Å². The first kappa shape index (κ1) is 17.8. The lowest BCUT2D eigenvalue weighted by molar-refractivity contribution is 0.199. The van der Waals surface area contributed by atoms with E-state index in [2.05, 4.69) is 64.6 Å². The van der Waals surface area contributed by atoms with Crippen molar-refractivity contribution in [2.45, 2.75) is 19.5 Å². The third kappa shape index (κ3) is 5.64. The fraction of sp³-hybridized carbons (Fsp3) is 0.600. The van der Waals surface area contributed by atoms with Gasteiger partial charge >= 0.3 is 0 Å². The molecule has 114 valence electrons. The van der Waals surface area contributed by atoms with E-state index in [1.54, 1.807) is 7.11 Å². The second-order valence-electron chi connectivity index (χ2n) is 4.86. The molecular formula is C15H25BrN2OS. The molecule has 3 nitrogen and oxygen atoms in total. The van der Waals surface area contributed by atoms with Crippen molar-refractivity contribution in [2.75, 3.05) is 44.2 Å². The molecule has 0 radical (unpaired) electrons. The van der Waals surface area contributed by atoms with Crippen LogP contribution in [0.15, 0.2) is 22.7 Å². The van der Waals surface area contributed by atoms with E-state index in [9.17, 15) is 0 Å². The molecule has 1 unspecified atom stereocenters. The molecule has 0 amide bonds. The van der Waals surface area contributed by atoms with Crippen LogP contribution < -0.4 is 10.2 Å². The number of hydrogen-bond acceptors (Lipinski definition) is 4. The van der Waals surface area contributed by atoms with Crippen molar-refractivity contribution < 1.29 is 4.74 Å². The maximum absolute atomic E-state index is 5.07. The molecule has 0 saturated heterocycles. The Hall–Kier alpha value is -0.230. The number of anilines is 1. The summed E-state index contributed by atoms with van der Waals surface area (Å²) in [5.41, 5.74) is 2.60. The van der Waals surface area contributed by atoms with E-state index in [0.29, 0.717) is 6.04 Å². The fourth-order valence-corrected chi connectivity index (χ4v) is 3.14. The predicted octanol–water partition coefficient (Wildman–Crippen LogP) is 3.37. The van der Waals surface area contributed by atoms with E-state index in [0.717, 1.165) is 29.9 Å². The summed E-state index contributed by atoms with van der Waals surface area (Å²) in [6.07, 6.45) is 2.15. The zero-order chi connectivity index (χ0) is 15.0. The quantitative estimate of drug-likeness (QED) is 0.682. The van der Waals surface area contributed by atoms with Crippen molar-refractivity contribution in [1.82, 2.24) is 5.32 Å². The molecule has 0 bridgehead atoms. The Balaban J connectivity index is 2.78. The van der Waals surface area contributed by atoms with Crippen LogP contribution in [0.3, 0.4) is 0 Å². The van der Waals surface area contributed by atoms with Gasteiger partial charge in [-0.25, -0.2) is 0 Å². The van der Waals surface area contributed by atoms with Gasteiger partial charge in [-0.1, -0.05) is 15.9 Å². The Morgan fingerprint density at radius 2 is 2.20 bits per heavy atom. The van der Waals surface area contributed by atoms with Crippen molar-refractivity contribution in [2.24, 2.45) is 0 Å². The van der Waals surface area contributed by atoms with Crippen LogP contribution in [-0.2, 0) is 11.3 Å². The molecule has 0 aliphatic carbocycles. The van der Waals surface area contributed by atoms with E-state index < -0.39 is 0 Å². The zero-order valence-corrected chi connectivity index (χ0v) is 15.2. The van der Waals surface area contributed by atoms with Gasteiger partial charge in [-0.05, 0) is 36.9 Å². The number of halogens is 1. The van der Waals surface area contributed by atoms with E-state index >= 15 is 0 Å². The van der Waals surface area contributed by atoms with Crippen LogP contribution >= 0.6 is 27.7 Å². The highest BCUT2D eigenvalue weighted by Crippen LogP contribution is 2.25. The fourth-order valence-electron chi connectivity index (χ4n) is 2.03. The first-order valence-corrected chi connectivity index (χ1v) is 8.98. The molecule has 1 aromatic carbocycles. The van der Waals surface area contributed by atoms with Gasteiger partial charge in [0.2, 0.25) is 0 Å². The molecule has 1 rings (SSSR count). The van der Waals surface area contributed by atoms with Gasteiger partial charge in [-0.15, -0.1) is 0 Å². The molecule has 5 heteroatoms. The summed E-state index contributed by atoms with van der Waals surface area (Å²) >= 11 is 5.44. The number of benzene rings is 1. The van der Waals surface area contributed by atoms with Gasteiger partial charge in [0.15, 0.2) is 0 Å². The predicted molar refractivity (Wildman–Crippen MR) is 94.0 cm³/mol. The molecule has 0 aromatic heterocycles. The topological polar surface area (TPSA) is 24.5 Å². The molecule has 1 N–H and O–H groups in total. The van der Waals surface area contributed by atoms with Crippen molar-refractivity contribution in [3.05, 3.63) is 28.2 Å². The van der Waals surface area contributed by atoms with Crippen LogP contribution in [-0.4, -0.2) is 45.4 Å². The molecule has 0 saturated carbocycles. The lowest BCUT2D eigenvalue weighted by Gasteiger charge is -2.29. The monoisotopic (exact) mass is 360 g/mol. The Morgan fingerprint density at radius 1 is 1.45 bits per heavy atom. The second-order valence-corrected chi connectivity index (χ2v) is 6.68.